The van der Waals surface area contributed by atoms with Crippen molar-refractivity contribution in [1.82, 2.24) is 0 Å². The van der Waals surface area contributed by atoms with Crippen molar-refractivity contribution in [2.24, 2.45) is 23.7 Å². The van der Waals surface area contributed by atoms with Crippen molar-refractivity contribution < 1.29 is 0 Å². The molecule has 3 rings (SSSR count). The predicted molar refractivity (Wildman–Crippen MR) is 123 cm³/mol. The van der Waals surface area contributed by atoms with Gasteiger partial charge in [0.25, 0.3) is 0 Å². The van der Waals surface area contributed by atoms with Crippen LogP contribution in [0.2, 0.25) is 0 Å². The standard InChI is InChI=1S/C24H32Br2N2/c1-28-24(15-18-4-12-23(26)13-5-18)20-8-6-19(7-9-20)21(16-27)14-17-2-10-22(25)11-3-17/h14-15,17-20,22-23H,2-13H2/b21-14+,24-15-. The topological polar surface area (TPSA) is 28.1 Å². The molecule has 0 bridgehead atoms. The van der Waals surface area contributed by atoms with Crippen LogP contribution in [0.4, 0.5) is 0 Å². The molecule has 0 aromatic rings. The van der Waals surface area contributed by atoms with Gasteiger partial charge in [-0.3, -0.25) is 0 Å². The highest BCUT2D eigenvalue weighted by Gasteiger charge is 2.28. The van der Waals surface area contributed by atoms with E-state index in [0.29, 0.717) is 33.3 Å². The molecule has 3 saturated carbocycles. The van der Waals surface area contributed by atoms with Crippen molar-refractivity contribution in [3.8, 4) is 6.07 Å². The molecular formula is C24H32Br2N2. The average molecular weight is 508 g/mol. The van der Waals surface area contributed by atoms with Crippen molar-refractivity contribution in [2.75, 3.05) is 0 Å². The van der Waals surface area contributed by atoms with Gasteiger partial charge in [-0.05, 0) is 87.9 Å². The van der Waals surface area contributed by atoms with Gasteiger partial charge in [0.05, 0.1) is 12.6 Å². The van der Waals surface area contributed by atoms with E-state index in [0.717, 1.165) is 37.0 Å². The molecule has 3 fully saturated rings. The zero-order valence-electron chi connectivity index (χ0n) is 16.8. The van der Waals surface area contributed by atoms with Gasteiger partial charge >= 0.3 is 0 Å². The molecule has 0 aromatic carbocycles. The zero-order valence-corrected chi connectivity index (χ0v) is 19.9. The van der Waals surface area contributed by atoms with E-state index in [1.54, 1.807) is 0 Å². The molecule has 2 nitrogen and oxygen atoms in total. The van der Waals surface area contributed by atoms with Gasteiger partial charge in [-0.25, -0.2) is 4.85 Å². The highest BCUT2D eigenvalue weighted by molar-refractivity contribution is 9.09. The minimum Gasteiger partial charge on any atom is -0.243 e. The number of nitriles is 1. The van der Waals surface area contributed by atoms with Gasteiger partial charge in [-0.15, -0.1) is 0 Å². The first-order chi connectivity index (χ1) is 13.6. The molecule has 0 aliphatic heterocycles. The van der Waals surface area contributed by atoms with E-state index in [1.807, 2.05) is 0 Å². The summed E-state index contributed by atoms with van der Waals surface area (Å²) in [5.74, 6) is 2.01. The molecule has 0 N–H and O–H groups in total. The van der Waals surface area contributed by atoms with Crippen LogP contribution in [0, 0.1) is 41.6 Å². The number of halogens is 2. The Morgan fingerprint density at radius 1 is 0.750 bits per heavy atom. The molecule has 0 radical (unpaired) electrons. The van der Waals surface area contributed by atoms with Gasteiger partial charge in [0.2, 0.25) is 0 Å². The van der Waals surface area contributed by atoms with Gasteiger partial charge in [-0.2, -0.15) is 5.26 Å². The molecule has 0 unspecified atom stereocenters. The van der Waals surface area contributed by atoms with Crippen LogP contribution in [-0.4, -0.2) is 9.65 Å². The van der Waals surface area contributed by atoms with Crippen molar-refractivity contribution in [3.63, 3.8) is 0 Å². The van der Waals surface area contributed by atoms with Crippen molar-refractivity contribution in [3.05, 3.63) is 34.8 Å². The second-order valence-electron chi connectivity index (χ2n) is 9.01. The number of alkyl halides is 2. The Labute approximate surface area is 187 Å². The summed E-state index contributed by atoms with van der Waals surface area (Å²) < 4.78 is 0. The molecule has 0 heterocycles. The van der Waals surface area contributed by atoms with Crippen LogP contribution < -0.4 is 0 Å². The quantitative estimate of drug-likeness (QED) is 0.215. The summed E-state index contributed by atoms with van der Waals surface area (Å²) >= 11 is 7.45. The Balaban J connectivity index is 1.55. The number of hydrogen-bond acceptors (Lipinski definition) is 1. The number of allylic oxidation sites excluding steroid dienone is 4. The number of rotatable bonds is 4. The minimum absolute atomic E-state index is 0.416. The Kier molecular flexibility index (Phi) is 8.68. The molecule has 4 heteroatoms. The molecule has 0 saturated heterocycles. The summed E-state index contributed by atoms with van der Waals surface area (Å²) in [5, 5.41) is 9.73. The van der Waals surface area contributed by atoms with E-state index < -0.39 is 0 Å². The Hall–Kier alpha value is -0.580. The monoisotopic (exact) mass is 506 g/mol. The molecule has 3 aliphatic rings. The predicted octanol–water partition coefficient (Wildman–Crippen LogP) is 7.95. The Morgan fingerprint density at radius 2 is 1.21 bits per heavy atom. The second kappa shape index (κ2) is 11.0. The highest BCUT2D eigenvalue weighted by Crippen LogP contribution is 2.40. The molecule has 152 valence electrons. The molecule has 0 spiro atoms. The lowest BCUT2D eigenvalue weighted by Crippen LogP contribution is -2.19. The fraction of sp³-hybridized carbons (Fsp3) is 0.750. The first kappa shape index (κ1) is 22.1. The third-order valence-electron chi connectivity index (χ3n) is 7.07. The van der Waals surface area contributed by atoms with E-state index in [1.165, 1.54) is 51.4 Å². The normalized spacial score (nSPS) is 37.7. The smallest absolute Gasteiger partial charge is 0.165 e. The third kappa shape index (κ3) is 6.21. The Bertz CT molecular complexity index is 587. The lowest BCUT2D eigenvalue weighted by Gasteiger charge is -2.30. The summed E-state index contributed by atoms with van der Waals surface area (Å²) in [6.45, 7) is 7.69. The van der Waals surface area contributed by atoms with Crippen LogP contribution >= 0.6 is 31.9 Å². The molecule has 0 aromatic heterocycles. The maximum Gasteiger partial charge on any atom is 0.165 e. The largest absolute Gasteiger partial charge is 0.243 e. The number of hydrogen-bond donors (Lipinski definition) is 0. The van der Waals surface area contributed by atoms with Crippen LogP contribution in [-0.2, 0) is 0 Å². The van der Waals surface area contributed by atoms with E-state index in [4.69, 9.17) is 6.57 Å². The fourth-order valence-electron chi connectivity index (χ4n) is 5.22. The van der Waals surface area contributed by atoms with E-state index in [9.17, 15) is 5.26 Å². The lowest BCUT2D eigenvalue weighted by molar-refractivity contribution is 0.334. The van der Waals surface area contributed by atoms with Crippen LogP contribution in [0.3, 0.4) is 0 Å². The molecular weight excluding hydrogens is 476 g/mol. The number of nitrogens with zero attached hydrogens (tertiary/aromatic N) is 2. The van der Waals surface area contributed by atoms with Crippen molar-refractivity contribution in [1.29, 1.82) is 5.26 Å². The first-order valence-corrected chi connectivity index (χ1v) is 12.9. The maximum atomic E-state index is 9.73. The van der Waals surface area contributed by atoms with E-state index >= 15 is 0 Å². The molecule has 3 aliphatic carbocycles. The van der Waals surface area contributed by atoms with Gasteiger partial charge in [0.1, 0.15) is 0 Å². The van der Waals surface area contributed by atoms with Crippen LogP contribution in [0.1, 0.15) is 77.0 Å². The van der Waals surface area contributed by atoms with Crippen LogP contribution in [0.25, 0.3) is 4.85 Å². The van der Waals surface area contributed by atoms with Gasteiger partial charge in [-0.1, -0.05) is 56.9 Å². The van der Waals surface area contributed by atoms with Crippen molar-refractivity contribution >= 4 is 31.9 Å². The molecule has 0 atom stereocenters. The van der Waals surface area contributed by atoms with E-state index in [-0.39, 0.29) is 0 Å². The summed E-state index contributed by atoms with van der Waals surface area (Å²) in [6, 6.07) is 2.53. The lowest BCUT2D eigenvalue weighted by atomic mass is 9.75. The van der Waals surface area contributed by atoms with Gasteiger partial charge < -0.3 is 0 Å². The third-order valence-corrected chi connectivity index (χ3v) is 8.90. The molecule has 0 amide bonds. The van der Waals surface area contributed by atoms with Gasteiger partial charge in [0, 0.05) is 15.2 Å². The fourth-order valence-corrected chi connectivity index (χ4v) is 6.27. The Morgan fingerprint density at radius 3 is 1.68 bits per heavy atom. The zero-order chi connectivity index (χ0) is 19.9. The van der Waals surface area contributed by atoms with Gasteiger partial charge in [0.15, 0.2) is 5.70 Å². The van der Waals surface area contributed by atoms with Crippen LogP contribution in [0.15, 0.2) is 23.4 Å². The first-order valence-electron chi connectivity index (χ1n) is 11.1. The minimum atomic E-state index is 0.416. The highest BCUT2D eigenvalue weighted by atomic mass is 79.9. The van der Waals surface area contributed by atoms with Crippen molar-refractivity contribution in [2.45, 2.75) is 86.7 Å². The summed E-state index contributed by atoms with van der Waals surface area (Å²) in [4.78, 5) is 5.27. The second-order valence-corrected chi connectivity index (χ2v) is 11.6. The summed E-state index contributed by atoms with van der Waals surface area (Å²) in [7, 11) is 0. The van der Waals surface area contributed by atoms with E-state index in [2.05, 4.69) is 54.9 Å². The maximum absolute atomic E-state index is 9.73. The van der Waals surface area contributed by atoms with Crippen LogP contribution in [0.5, 0.6) is 0 Å². The summed E-state index contributed by atoms with van der Waals surface area (Å²) in [5.41, 5.74) is 2.04. The SMILES string of the molecule is [C-]#[N+]/C(=C\C1CCC(Br)CC1)C1CCC(/C(C#N)=C/C2CCC(Br)CC2)CC1. The molecule has 28 heavy (non-hydrogen) atoms. The average Bonchev–Trinajstić information content (AvgIpc) is 2.73. The summed E-state index contributed by atoms with van der Waals surface area (Å²) in [6.07, 6.45) is 18.6.